The van der Waals surface area contributed by atoms with Crippen LogP contribution in [0, 0.1) is 11.8 Å². The average Bonchev–Trinajstić information content (AvgIpc) is 3.04. The van der Waals surface area contributed by atoms with E-state index in [-0.39, 0.29) is 12.1 Å². The zero-order valence-electron chi connectivity index (χ0n) is 13.4. The highest BCUT2D eigenvalue weighted by molar-refractivity contribution is 4.99. The molecule has 0 radical (unpaired) electrons. The third kappa shape index (κ3) is 4.19. The normalized spacial score (nSPS) is 31.5. The highest BCUT2D eigenvalue weighted by Gasteiger charge is 2.42. The van der Waals surface area contributed by atoms with Gasteiger partial charge in [0.05, 0.1) is 6.61 Å². The molecule has 0 aromatic rings. The van der Waals surface area contributed by atoms with Crippen LogP contribution in [0.4, 0.5) is 0 Å². The van der Waals surface area contributed by atoms with Gasteiger partial charge in [0.25, 0.3) is 0 Å². The van der Waals surface area contributed by atoms with Gasteiger partial charge in [-0.3, -0.25) is 0 Å². The quantitative estimate of drug-likeness (QED) is 0.673. The molecule has 0 amide bonds. The Kier molecular flexibility index (Phi) is 6.31. The minimum absolute atomic E-state index is 0.0507. The van der Waals surface area contributed by atoms with Gasteiger partial charge in [0.15, 0.2) is 0 Å². The Balaban J connectivity index is 1.72. The van der Waals surface area contributed by atoms with E-state index in [4.69, 9.17) is 4.74 Å². The van der Waals surface area contributed by atoms with Crippen LogP contribution in [0.15, 0.2) is 0 Å². The summed E-state index contributed by atoms with van der Waals surface area (Å²) in [4.78, 5) is 0. The molecule has 0 heterocycles. The molecule has 2 aliphatic carbocycles. The summed E-state index contributed by atoms with van der Waals surface area (Å²) in [5, 5.41) is 13.5. The molecule has 2 aliphatic rings. The van der Waals surface area contributed by atoms with E-state index < -0.39 is 0 Å². The topological polar surface area (TPSA) is 41.5 Å². The third-order valence-electron chi connectivity index (χ3n) is 5.25. The Hall–Kier alpha value is -0.120. The zero-order chi connectivity index (χ0) is 14.4. The molecule has 2 atom stereocenters. The van der Waals surface area contributed by atoms with Crippen molar-refractivity contribution in [3.8, 4) is 0 Å². The van der Waals surface area contributed by atoms with Crippen molar-refractivity contribution in [2.24, 2.45) is 11.8 Å². The van der Waals surface area contributed by atoms with Crippen LogP contribution in [-0.2, 0) is 4.74 Å². The fourth-order valence-corrected chi connectivity index (χ4v) is 4.24. The van der Waals surface area contributed by atoms with Crippen molar-refractivity contribution in [2.75, 3.05) is 19.8 Å². The van der Waals surface area contributed by atoms with Crippen LogP contribution >= 0.6 is 0 Å². The molecule has 2 fully saturated rings. The summed E-state index contributed by atoms with van der Waals surface area (Å²) in [6, 6.07) is 0.433. The lowest BCUT2D eigenvalue weighted by atomic mass is 9.85. The lowest BCUT2D eigenvalue weighted by Gasteiger charge is -2.37. The van der Waals surface area contributed by atoms with Crippen molar-refractivity contribution >= 4 is 0 Å². The minimum Gasteiger partial charge on any atom is -0.394 e. The van der Waals surface area contributed by atoms with E-state index in [0.29, 0.717) is 12.0 Å². The number of aliphatic hydroxyl groups is 1. The molecule has 118 valence electrons. The third-order valence-corrected chi connectivity index (χ3v) is 5.25. The van der Waals surface area contributed by atoms with Gasteiger partial charge in [-0.15, -0.1) is 0 Å². The van der Waals surface area contributed by atoms with Gasteiger partial charge in [0, 0.05) is 24.8 Å². The monoisotopic (exact) mass is 283 g/mol. The van der Waals surface area contributed by atoms with Gasteiger partial charge < -0.3 is 15.2 Å². The second-order valence-corrected chi connectivity index (χ2v) is 7.22. The van der Waals surface area contributed by atoms with E-state index in [1.807, 2.05) is 0 Å². The van der Waals surface area contributed by atoms with E-state index in [1.165, 1.54) is 38.5 Å². The Morgan fingerprint density at radius 3 is 2.60 bits per heavy atom. The van der Waals surface area contributed by atoms with E-state index in [0.717, 1.165) is 32.0 Å². The van der Waals surface area contributed by atoms with Crippen LogP contribution in [0.25, 0.3) is 0 Å². The molecule has 0 aromatic heterocycles. The molecular weight excluding hydrogens is 250 g/mol. The molecule has 2 rings (SSSR count). The van der Waals surface area contributed by atoms with Crippen molar-refractivity contribution in [1.82, 2.24) is 5.32 Å². The Morgan fingerprint density at radius 1 is 1.20 bits per heavy atom. The van der Waals surface area contributed by atoms with E-state index in [2.05, 4.69) is 19.2 Å². The highest BCUT2D eigenvalue weighted by Crippen LogP contribution is 2.38. The van der Waals surface area contributed by atoms with E-state index in [9.17, 15) is 5.11 Å². The van der Waals surface area contributed by atoms with E-state index >= 15 is 0 Å². The lowest BCUT2D eigenvalue weighted by Crippen LogP contribution is -2.54. The molecule has 0 spiro atoms. The van der Waals surface area contributed by atoms with E-state index in [1.54, 1.807) is 0 Å². The molecule has 3 nitrogen and oxygen atoms in total. The van der Waals surface area contributed by atoms with Crippen LogP contribution in [0.5, 0.6) is 0 Å². The van der Waals surface area contributed by atoms with Gasteiger partial charge >= 0.3 is 0 Å². The maximum Gasteiger partial charge on any atom is 0.0616 e. The number of nitrogens with one attached hydrogen (secondary N) is 1. The Morgan fingerprint density at radius 2 is 1.95 bits per heavy atom. The van der Waals surface area contributed by atoms with Crippen LogP contribution < -0.4 is 5.32 Å². The largest absolute Gasteiger partial charge is 0.394 e. The van der Waals surface area contributed by atoms with Crippen LogP contribution in [0.1, 0.15) is 65.2 Å². The van der Waals surface area contributed by atoms with Gasteiger partial charge in [0.1, 0.15) is 0 Å². The second kappa shape index (κ2) is 7.77. The molecule has 0 bridgehead atoms. The van der Waals surface area contributed by atoms with Crippen LogP contribution in [0.2, 0.25) is 0 Å². The second-order valence-electron chi connectivity index (χ2n) is 7.22. The SMILES string of the molecule is CC(C)NC1(CO)CCCC1CCOCC1CCCC1. The van der Waals surface area contributed by atoms with Crippen molar-refractivity contribution < 1.29 is 9.84 Å². The van der Waals surface area contributed by atoms with Gasteiger partial charge in [-0.1, -0.05) is 33.1 Å². The maximum atomic E-state index is 9.86. The fraction of sp³-hybridized carbons (Fsp3) is 1.00. The summed E-state index contributed by atoms with van der Waals surface area (Å²) < 4.78 is 5.91. The predicted octanol–water partition coefficient (Wildman–Crippen LogP) is 3.11. The fourth-order valence-electron chi connectivity index (χ4n) is 4.24. The number of rotatable bonds is 8. The van der Waals surface area contributed by atoms with Crippen molar-refractivity contribution in [2.45, 2.75) is 76.8 Å². The summed E-state index contributed by atoms with van der Waals surface area (Å²) in [7, 11) is 0. The maximum absolute atomic E-state index is 9.86. The molecular formula is C17H33NO2. The summed E-state index contributed by atoms with van der Waals surface area (Å²) in [6.07, 6.45) is 10.2. The highest BCUT2D eigenvalue weighted by atomic mass is 16.5. The van der Waals surface area contributed by atoms with Crippen molar-refractivity contribution in [3.63, 3.8) is 0 Å². The Labute approximate surface area is 124 Å². The lowest BCUT2D eigenvalue weighted by molar-refractivity contribution is 0.0613. The van der Waals surface area contributed by atoms with Crippen LogP contribution in [0.3, 0.4) is 0 Å². The minimum atomic E-state index is -0.0507. The van der Waals surface area contributed by atoms with Gasteiger partial charge in [-0.2, -0.15) is 0 Å². The number of ether oxygens (including phenoxy) is 1. The number of hydrogen-bond donors (Lipinski definition) is 2. The summed E-state index contributed by atoms with van der Waals surface area (Å²) in [5.74, 6) is 1.38. The van der Waals surface area contributed by atoms with Gasteiger partial charge in [-0.05, 0) is 43.9 Å². The first-order valence-corrected chi connectivity index (χ1v) is 8.62. The van der Waals surface area contributed by atoms with Crippen molar-refractivity contribution in [3.05, 3.63) is 0 Å². The average molecular weight is 283 g/mol. The summed E-state index contributed by atoms with van der Waals surface area (Å²) in [6.45, 7) is 6.42. The molecule has 2 unspecified atom stereocenters. The van der Waals surface area contributed by atoms with Gasteiger partial charge in [0.2, 0.25) is 0 Å². The smallest absolute Gasteiger partial charge is 0.0616 e. The summed E-state index contributed by atoms with van der Waals surface area (Å²) in [5.41, 5.74) is -0.0507. The molecule has 3 heteroatoms. The first kappa shape index (κ1) is 16.3. The molecule has 2 N–H and O–H groups in total. The molecule has 0 saturated heterocycles. The number of hydrogen-bond acceptors (Lipinski definition) is 3. The van der Waals surface area contributed by atoms with Crippen molar-refractivity contribution in [1.29, 1.82) is 0 Å². The van der Waals surface area contributed by atoms with Crippen LogP contribution in [-0.4, -0.2) is 36.5 Å². The van der Waals surface area contributed by atoms with Gasteiger partial charge in [-0.25, -0.2) is 0 Å². The Bertz CT molecular complexity index is 276. The standard InChI is InChI=1S/C17H33NO2/c1-14(2)18-17(13-19)10-5-8-16(17)9-11-20-12-15-6-3-4-7-15/h14-16,18-19H,3-13H2,1-2H3. The predicted molar refractivity (Wildman–Crippen MR) is 82.8 cm³/mol. The first-order chi connectivity index (χ1) is 9.66. The molecule has 20 heavy (non-hydrogen) atoms. The molecule has 0 aliphatic heterocycles. The first-order valence-electron chi connectivity index (χ1n) is 8.62. The number of aliphatic hydroxyl groups excluding tert-OH is 1. The molecule has 0 aromatic carbocycles. The zero-order valence-corrected chi connectivity index (χ0v) is 13.4. The summed E-state index contributed by atoms with van der Waals surface area (Å²) >= 11 is 0. The molecule has 2 saturated carbocycles.